The number of hydrogen-bond acceptors (Lipinski definition) is 2. The van der Waals surface area contributed by atoms with Gasteiger partial charge in [-0.05, 0) is 26.7 Å². The summed E-state index contributed by atoms with van der Waals surface area (Å²) in [4.78, 5) is 11.4. The summed E-state index contributed by atoms with van der Waals surface area (Å²) in [6.45, 7) is 9.08. The zero-order chi connectivity index (χ0) is 13.1. The molecule has 0 fully saturated rings. The Labute approximate surface area is 95.5 Å². The first kappa shape index (κ1) is 15.1. The van der Waals surface area contributed by atoms with Gasteiger partial charge in [-0.15, -0.1) is 0 Å². The molecule has 0 unspecified atom stereocenters. The van der Waals surface area contributed by atoms with Crippen LogP contribution in [0.1, 0.15) is 41.5 Å². The van der Waals surface area contributed by atoms with Crippen LogP contribution < -0.4 is 5.32 Å². The van der Waals surface area contributed by atoms with E-state index in [0.717, 1.165) is 6.92 Å². The van der Waals surface area contributed by atoms with Crippen molar-refractivity contribution < 1.29 is 18.3 Å². The van der Waals surface area contributed by atoms with Gasteiger partial charge in [0.05, 0.1) is 6.04 Å². The lowest BCUT2D eigenvalue weighted by atomic mass is 9.99. The van der Waals surface area contributed by atoms with Crippen molar-refractivity contribution in [2.75, 3.05) is 0 Å². The molecule has 0 aromatic carbocycles. The maximum atomic E-state index is 13.2. The topological polar surface area (TPSA) is 38.3 Å². The van der Waals surface area contributed by atoms with Crippen molar-refractivity contribution in [3.05, 3.63) is 0 Å². The highest BCUT2D eigenvalue weighted by Crippen LogP contribution is 2.23. The first-order chi connectivity index (χ1) is 6.93. The predicted octanol–water partition coefficient (Wildman–Crippen LogP) is 3.19. The fourth-order valence-electron chi connectivity index (χ4n) is 1.31. The van der Waals surface area contributed by atoms with Gasteiger partial charge in [-0.2, -0.15) is 0 Å². The van der Waals surface area contributed by atoms with Crippen molar-refractivity contribution in [3.8, 4) is 0 Å². The number of alkyl halides is 2. The molecule has 0 aromatic heterocycles. The van der Waals surface area contributed by atoms with Crippen LogP contribution in [0.5, 0.6) is 0 Å². The number of alkyl carbamates (subject to hydrolysis) is 1. The summed E-state index contributed by atoms with van der Waals surface area (Å²) in [5, 5.41) is 2.20. The highest BCUT2D eigenvalue weighted by molar-refractivity contribution is 5.68. The number of rotatable bonds is 3. The molecule has 1 N–H and O–H groups in total. The molecule has 3 nitrogen and oxygen atoms in total. The van der Waals surface area contributed by atoms with Gasteiger partial charge in [0.1, 0.15) is 5.60 Å². The van der Waals surface area contributed by atoms with Gasteiger partial charge in [0.25, 0.3) is 5.92 Å². The molecule has 1 amide bonds. The summed E-state index contributed by atoms with van der Waals surface area (Å²) in [5.74, 6) is -3.34. The third-order valence-corrected chi connectivity index (χ3v) is 1.89. The molecule has 0 aliphatic heterocycles. The first-order valence-corrected chi connectivity index (χ1v) is 5.31. The Morgan fingerprint density at radius 3 is 1.88 bits per heavy atom. The van der Waals surface area contributed by atoms with E-state index in [4.69, 9.17) is 4.74 Å². The van der Waals surface area contributed by atoms with Crippen LogP contribution in [0.15, 0.2) is 0 Å². The summed E-state index contributed by atoms with van der Waals surface area (Å²) < 4.78 is 31.3. The molecule has 5 heteroatoms. The summed E-state index contributed by atoms with van der Waals surface area (Å²) in [7, 11) is 0. The van der Waals surface area contributed by atoms with Crippen molar-refractivity contribution >= 4 is 6.09 Å². The van der Waals surface area contributed by atoms with E-state index in [1.807, 2.05) is 0 Å². The van der Waals surface area contributed by atoms with Gasteiger partial charge >= 0.3 is 6.09 Å². The average molecular weight is 237 g/mol. The second-order valence-electron chi connectivity index (χ2n) is 5.32. The molecule has 96 valence electrons. The maximum Gasteiger partial charge on any atom is 0.408 e. The van der Waals surface area contributed by atoms with Crippen molar-refractivity contribution in [1.82, 2.24) is 5.32 Å². The number of carbonyl (C=O) groups excluding carboxylic acids is 1. The summed E-state index contributed by atoms with van der Waals surface area (Å²) in [5.41, 5.74) is -0.686. The molecule has 0 aliphatic rings. The number of halogens is 2. The Balaban J connectivity index is 4.49. The minimum atomic E-state index is -2.97. The Morgan fingerprint density at radius 1 is 1.19 bits per heavy atom. The standard InChI is InChI=1S/C11H21F2NO2/c1-7(2)8(11(6,12)13)14-9(15)16-10(3,4)5/h7-8H,1-6H3,(H,14,15)/t8-/m0/s1. The van der Waals surface area contributed by atoms with Crippen LogP contribution in [0.2, 0.25) is 0 Å². The summed E-state index contributed by atoms with van der Waals surface area (Å²) in [6, 6.07) is -1.22. The molecule has 0 radical (unpaired) electrons. The Hall–Kier alpha value is -0.870. The highest BCUT2D eigenvalue weighted by Gasteiger charge is 2.38. The SMILES string of the molecule is CC(C)[C@H](NC(=O)OC(C)(C)C)C(C)(F)F. The lowest BCUT2D eigenvalue weighted by Gasteiger charge is -2.29. The van der Waals surface area contributed by atoms with Gasteiger partial charge in [-0.3, -0.25) is 0 Å². The Bertz CT molecular complexity index is 241. The molecule has 1 atom stereocenters. The third kappa shape index (κ3) is 5.88. The van der Waals surface area contributed by atoms with Gasteiger partial charge < -0.3 is 10.1 Å². The number of nitrogens with one attached hydrogen (secondary N) is 1. The van der Waals surface area contributed by atoms with Crippen LogP contribution in [0, 0.1) is 5.92 Å². The third-order valence-electron chi connectivity index (χ3n) is 1.89. The molecule has 0 bridgehead atoms. The Morgan fingerprint density at radius 2 is 1.62 bits per heavy atom. The average Bonchev–Trinajstić information content (AvgIpc) is 1.93. The molecule has 0 saturated heterocycles. The zero-order valence-electron chi connectivity index (χ0n) is 10.7. The van der Waals surface area contributed by atoms with Crippen LogP contribution in [0.3, 0.4) is 0 Å². The lowest BCUT2D eigenvalue weighted by molar-refractivity contribution is -0.0380. The normalized spacial score (nSPS) is 14.8. The molecule has 16 heavy (non-hydrogen) atoms. The number of hydrogen-bond donors (Lipinski definition) is 1. The smallest absolute Gasteiger partial charge is 0.408 e. The summed E-state index contributed by atoms with van der Waals surface area (Å²) in [6.07, 6.45) is -0.812. The van der Waals surface area contributed by atoms with Gasteiger partial charge in [0, 0.05) is 6.92 Å². The van der Waals surface area contributed by atoms with E-state index < -0.39 is 23.7 Å². The van der Waals surface area contributed by atoms with E-state index in [-0.39, 0.29) is 5.92 Å². The lowest BCUT2D eigenvalue weighted by Crippen LogP contribution is -2.50. The number of amides is 1. The largest absolute Gasteiger partial charge is 0.444 e. The molecule has 0 heterocycles. The fraction of sp³-hybridized carbons (Fsp3) is 0.909. The molecular weight excluding hydrogens is 216 g/mol. The van der Waals surface area contributed by atoms with E-state index in [0.29, 0.717) is 0 Å². The van der Waals surface area contributed by atoms with Crippen molar-refractivity contribution in [1.29, 1.82) is 0 Å². The molecular formula is C11H21F2NO2. The van der Waals surface area contributed by atoms with Crippen LogP contribution in [0.25, 0.3) is 0 Å². The minimum Gasteiger partial charge on any atom is -0.444 e. The highest BCUT2D eigenvalue weighted by atomic mass is 19.3. The zero-order valence-corrected chi connectivity index (χ0v) is 10.7. The molecule has 0 rings (SSSR count). The van der Waals surface area contributed by atoms with Gasteiger partial charge in [0.2, 0.25) is 0 Å². The predicted molar refractivity (Wildman–Crippen MR) is 58.6 cm³/mol. The van der Waals surface area contributed by atoms with E-state index in [1.165, 1.54) is 0 Å². The van der Waals surface area contributed by atoms with Gasteiger partial charge in [-0.1, -0.05) is 13.8 Å². The van der Waals surface area contributed by atoms with Crippen molar-refractivity contribution in [3.63, 3.8) is 0 Å². The monoisotopic (exact) mass is 237 g/mol. The number of carbonyl (C=O) groups is 1. The van der Waals surface area contributed by atoms with E-state index in [9.17, 15) is 13.6 Å². The summed E-state index contributed by atoms with van der Waals surface area (Å²) >= 11 is 0. The molecule has 0 saturated carbocycles. The molecule has 0 spiro atoms. The maximum absolute atomic E-state index is 13.2. The van der Waals surface area contributed by atoms with Crippen LogP contribution in [-0.4, -0.2) is 23.7 Å². The van der Waals surface area contributed by atoms with E-state index in [2.05, 4.69) is 5.32 Å². The van der Waals surface area contributed by atoms with Crippen LogP contribution in [-0.2, 0) is 4.74 Å². The van der Waals surface area contributed by atoms with Crippen molar-refractivity contribution in [2.45, 2.75) is 59.1 Å². The van der Waals surface area contributed by atoms with Crippen LogP contribution >= 0.6 is 0 Å². The fourth-order valence-corrected chi connectivity index (χ4v) is 1.31. The van der Waals surface area contributed by atoms with Crippen molar-refractivity contribution in [2.24, 2.45) is 5.92 Å². The minimum absolute atomic E-state index is 0.368. The second-order valence-corrected chi connectivity index (χ2v) is 5.32. The quantitative estimate of drug-likeness (QED) is 0.818. The first-order valence-electron chi connectivity index (χ1n) is 5.31. The van der Waals surface area contributed by atoms with E-state index >= 15 is 0 Å². The van der Waals surface area contributed by atoms with E-state index in [1.54, 1.807) is 34.6 Å². The van der Waals surface area contributed by atoms with Crippen LogP contribution in [0.4, 0.5) is 13.6 Å². The number of ether oxygens (including phenoxy) is 1. The Kier molecular flexibility index (Phi) is 4.70. The second kappa shape index (κ2) is 4.97. The molecule has 0 aliphatic carbocycles. The van der Waals surface area contributed by atoms with Gasteiger partial charge in [0.15, 0.2) is 0 Å². The van der Waals surface area contributed by atoms with Gasteiger partial charge in [-0.25, -0.2) is 13.6 Å². The molecule has 0 aromatic rings.